The molecule has 1 aromatic rings. The molecular weight excluding hydrogens is 290 g/mol. The van der Waals surface area contributed by atoms with Crippen molar-refractivity contribution < 1.29 is 8.42 Å². The van der Waals surface area contributed by atoms with Crippen LogP contribution >= 0.6 is 11.8 Å². The van der Waals surface area contributed by atoms with E-state index in [0.29, 0.717) is 16.9 Å². The second kappa shape index (κ2) is 8.05. The molecule has 2 unspecified atom stereocenters. The molecule has 0 aliphatic heterocycles. The highest BCUT2D eigenvalue weighted by molar-refractivity contribution is 8.01. The van der Waals surface area contributed by atoms with Crippen molar-refractivity contribution in [3.63, 3.8) is 0 Å². The van der Waals surface area contributed by atoms with E-state index in [2.05, 4.69) is 31.3 Å². The Balaban J connectivity index is 2.78. The van der Waals surface area contributed by atoms with Crippen LogP contribution in [0.2, 0.25) is 0 Å². The number of rotatable bonds is 8. The summed E-state index contributed by atoms with van der Waals surface area (Å²) in [6.45, 7) is 4.37. The first kappa shape index (κ1) is 17.5. The van der Waals surface area contributed by atoms with Crippen LogP contribution in [0.3, 0.4) is 0 Å². The van der Waals surface area contributed by atoms with Gasteiger partial charge in [-0.2, -0.15) is 11.8 Å². The molecular formula is C15H25NO2S2. The number of benzene rings is 1. The van der Waals surface area contributed by atoms with Crippen LogP contribution < -0.4 is 5.32 Å². The van der Waals surface area contributed by atoms with E-state index in [9.17, 15) is 8.42 Å². The maximum absolute atomic E-state index is 11.3. The van der Waals surface area contributed by atoms with Crippen LogP contribution in [-0.4, -0.2) is 38.5 Å². The van der Waals surface area contributed by atoms with Gasteiger partial charge in [0.2, 0.25) is 0 Å². The van der Waals surface area contributed by atoms with E-state index in [0.717, 1.165) is 0 Å². The molecule has 0 amide bonds. The highest BCUT2D eigenvalue weighted by atomic mass is 32.2. The number of sulfone groups is 1. The molecule has 0 bridgehead atoms. The van der Waals surface area contributed by atoms with E-state index in [1.54, 1.807) is 11.8 Å². The van der Waals surface area contributed by atoms with Crippen LogP contribution in [0.5, 0.6) is 0 Å². The Bertz CT molecular complexity index is 486. The van der Waals surface area contributed by atoms with E-state index in [1.807, 2.05) is 25.2 Å². The van der Waals surface area contributed by atoms with Gasteiger partial charge >= 0.3 is 0 Å². The first-order chi connectivity index (χ1) is 9.35. The second-order valence-corrected chi connectivity index (χ2v) is 8.93. The van der Waals surface area contributed by atoms with Crippen LogP contribution in [-0.2, 0) is 9.84 Å². The minimum absolute atomic E-state index is 0.237. The van der Waals surface area contributed by atoms with Crippen molar-refractivity contribution >= 4 is 21.6 Å². The summed E-state index contributed by atoms with van der Waals surface area (Å²) in [6.07, 6.45) is 1.30. The van der Waals surface area contributed by atoms with Gasteiger partial charge in [0.05, 0.1) is 5.75 Å². The first-order valence-corrected chi connectivity index (χ1v) is 9.97. The van der Waals surface area contributed by atoms with Crippen LogP contribution in [0.15, 0.2) is 30.3 Å². The van der Waals surface area contributed by atoms with Crippen molar-refractivity contribution in [2.45, 2.75) is 25.1 Å². The molecule has 20 heavy (non-hydrogen) atoms. The molecule has 0 saturated carbocycles. The first-order valence-electron chi connectivity index (χ1n) is 6.86. The van der Waals surface area contributed by atoms with E-state index < -0.39 is 9.84 Å². The fourth-order valence-corrected chi connectivity index (χ4v) is 4.93. The average molecular weight is 316 g/mol. The summed E-state index contributed by atoms with van der Waals surface area (Å²) < 4.78 is 22.5. The molecule has 0 spiro atoms. The molecule has 0 radical (unpaired) electrons. The van der Waals surface area contributed by atoms with Gasteiger partial charge in [-0.3, -0.25) is 0 Å². The minimum atomic E-state index is -2.88. The number of thioether (sulfide) groups is 1. The number of nitrogens with one attached hydrogen (secondary N) is 1. The smallest absolute Gasteiger partial charge is 0.148 e. The molecule has 2 atom stereocenters. The third-order valence-electron chi connectivity index (χ3n) is 3.22. The molecule has 1 aromatic carbocycles. The van der Waals surface area contributed by atoms with Gasteiger partial charge in [-0.25, -0.2) is 8.42 Å². The van der Waals surface area contributed by atoms with E-state index in [4.69, 9.17) is 0 Å². The average Bonchev–Trinajstić information content (AvgIpc) is 2.37. The summed E-state index contributed by atoms with van der Waals surface area (Å²) in [5, 5.41) is 3.73. The molecule has 3 nitrogen and oxygen atoms in total. The molecule has 0 fully saturated rings. The van der Waals surface area contributed by atoms with Gasteiger partial charge in [0, 0.05) is 23.3 Å². The summed E-state index contributed by atoms with van der Waals surface area (Å²) in [4.78, 5) is 0. The maximum Gasteiger partial charge on any atom is 0.148 e. The summed E-state index contributed by atoms with van der Waals surface area (Å²) in [5.74, 6) is 1.36. The molecule has 0 aliphatic carbocycles. The van der Waals surface area contributed by atoms with Gasteiger partial charge in [-0.05, 0) is 18.5 Å². The van der Waals surface area contributed by atoms with Crippen LogP contribution in [0, 0.1) is 5.92 Å². The Morgan fingerprint density at radius 3 is 2.25 bits per heavy atom. The van der Waals surface area contributed by atoms with Gasteiger partial charge < -0.3 is 5.32 Å². The van der Waals surface area contributed by atoms with E-state index in [1.165, 1.54) is 11.8 Å². The molecule has 0 heterocycles. The molecule has 0 saturated heterocycles. The van der Waals surface area contributed by atoms with Gasteiger partial charge in [0.15, 0.2) is 0 Å². The lowest BCUT2D eigenvalue weighted by Gasteiger charge is -2.30. The van der Waals surface area contributed by atoms with Crippen molar-refractivity contribution in [1.82, 2.24) is 5.32 Å². The SMILES string of the molecule is CNC(c1ccccc1)C(SCCS(C)(=O)=O)C(C)C. The third kappa shape index (κ3) is 5.85. The summed E-state index contributed by atoms with van der Waals surface area (Å²) >= 11 is 1.74. The Labute approximate surface area is 127 Å². The van der Waals surface area contributed by atoms with Crippen molar-refractivity contribution in [2.24, 2.45) is 5.92 Å². The van der Waals surface area contributed by atoms with Gasteiger partial charge in [-0.1, -0.05) is 44.2 Å². The van der Waals surface area contributed by atoms with Gasteiger partial charge in [-0.15, -0.1) is 0 Å². The quantitative estimate of drug-likeness (QED) is 0.801. The molecule has 1 rings (SSSR count). The molecule has 0 aliphatic rings. The fourth-order valence-electron chi connectivity index (χ4n) is 2.19. The highest BCUT2D eigenvalue weighted by Crippen LogP contribution is 2.32. The van der Waals surface area contributed by atoms with Gasteiger partial charge in [0.1, 0.15) is 9.84 Å². The lowest BCUT2D eigenvalue weighted by Crippen LogP contribution is -2.31. The zero-order valence-corrected chi connectivity index (χ0v) is 14.3. The standard InChI is InChI=1S/C15H25NO2S2/c1-12(2)15(19-10-11-20(4,17)18)14(16-3)13-8-6-5-7-9-13/h5-9,12,14-16H,10-11H2,1-4H3. The summed E-state index contributed by atoms with van der Waals surface area (Å²) in [5.41, 5.74) is 1.25. The van der Waals surface area contributed by atoms with Crippen molar-refractivity contribution in [3.05, 3.63) is 35.9 Å². The monoisotopic (exact) mass is 315 g/mol. The van der Waals surface area contributed by atoms with Crippen molar-refractivity contribution in [1.29, 1.82) is 0 Å². The Kier molecular flexibility index (Phi) is 7.06. The number of hydrogen-bond acceptors (Lipinski definition) is 4. The zero-order chi connectivity index (χ0) is 15.2. The zero-order valence-electron chi connectivity index (χ0n) is 12.7. The molecule has 5 heteroatoms. The van der Waals surface area contributed by atoms with Crippen molar-refractivity contribution in [3.8, 4) is 0 Å². The minimum Gasteiger partial charge on any atom is -0.312 e. The predicted octanol–water partition coefficient (Wildman–Crippen LogP) is 2.75. The largest absolute Gasteiger partial charge is 0.312 e. The Hall–Kier alpha value is -0.520. The highest BCUT2D eigenvalue weighted by Gasteiger charge is 2.25. The van der Waals surface area contributed by atoms with Crippen molar-refractivity contribution in [2.75, 3.05) is 24.8 Å². The van der Waals surface area contributed by atoms with Gasteiger partial charge in [0.25, 0.3) is 0 Å². The molecule has 114 valence electrons. The predicted molar refractivity (Wildman–Crippen MR) is 89.0 cm³/mol. The second-order valence-electron chi connectivity index (χ2n) is 5.39. The normalized spacial score (nSPS) is 15.2. The van der Waals surface area contributed by atoms with Crippen LogP contribution in [0.4, 0.5) is 0 Å². The molecule has 1 N–H and O–H groups in total. The fraction of sp³-hybridized carbons (Fsp3) is 0.600. The Morgan fingerprint density at radius 2 is 1.80 bits per heavy atom. The van der Waals surface area contributed by atoms with Crippen LogP contribution in [0.25, 0.3) is 0 Å². The third-order valence-corrected chi connectivity index (χ3v) is 6.07. The maximum atomic E-state index is 11.3. The lowest BCUT2D eigenvalue weighted by molar-refractivity contribution is 0.473. The topological polar surface area (TPSA) is 46.2 Å². The molecule has 0 aromatic heterocycles. The van der Waals surface area contributed by atoms with E-state index in [-0.39, 0.29) is 11.8 Å². The summed E-state index contributed by atoms with van der Waals surface area (Å²) in [6, 6.07) is 10.6. The van der Waals surface area contributed by atoms with Crippen LogP contribution in [0.1, 0.15) is 25.5 Å². The lowest BCUT2D eigenvalue weighted by atomic mass is 9.96. The summed E-state index contributed by atoms with van der Waals surface area (Å²) in [7, 11) is -0.921. The Morgan fingerprint density at radius 1 is 1.20 bits per heavy atom. The number of hydrogen-bond donors (Lipinski definition) is 1. The van der Waals surface area contributed by atoms with E-state index >= 15 is 0 Å².